The van der Waals surface area contributed by atoms with Crippen LogP contribution in [0.5, 0.6) is 5.75 Å². The van der Waals surface area contributed by atoms with Crippen LogP contribution in [0.1, 0.15) is 21.6 Å². The average Bonchev–Trinajstić information content (AvgIpc) is 3.23. The molecule has 0 aliphatic rings. The topological polar surface area (TPSA) is 43.6 Å². The Labute approximate surface area is 155 Å². The van der Waals surface area contributed by atoms with E-state index in [4.69, 9.17) is 9.72 Å². The van der Waals surface area contributed by atoms with Gasteiger partial charge >= 0.3 is 0 Å². The summed E-state index contributed by atoms with van der Waals surface area (Å²) in [5.41, 5.74) is 6.65. The second-order valence-electron chi connectivity index (χ2n) is 6.23. The highest BCUT2D eigenvalue weighted by Crippen LogP contribution is 2.33. The van der Waals surface area contributed by atoms with Gasteiger partial charge in [-0.1, -0.05) is 12.1 Å². The molecule has 0 unspecified atom stereocenters. The number of benzene rings is 2. The molecule has 0 amide bonds. The zero-order valence-electron chi connectivity index (χ0n) is 14.8. The second kappa shape index (κ2) is 6.42. The van der Waals surface area contributed by atoms with Gasteiger partial charge in [-0.3, -0.25) is 9.20 Å². The maximum atomic E-state index is 11.9. The zero-order valence-corrected chi connectivity index (χ0v) is 15.6. The monoisotopic (exact) mass is 362 g/mol. The lowest BCUT2D eigenvalue weighted by molar-refractivity contribution is 0.111. The first-order valence-corrected chi connectivity index (χ1v) is 9.17. The van der Waals surface area contributed by atoms with Gasteiger partial charge in [0.15, 0.2) is 11.2 Å². The number of fused-ring (bicyclic) bond motifs is 1. The first-order chi connectivity index (χ1) is 12.6. The maximum Gasteiger partial charge on any atom is 0.195 e. The van der Waals surface area contributed by atoms with Gasteiger partial charge in [-0.05, 0) is 60.9 Å². The molecule has 4 nitrogen and oxygen atoms in total. The Hall–Kier alpha value is -2.92. The van der Waals surface area contributed by atoms with Gasteiger partial charge < -0.3 is 4.74 Å². The maximum absolute atomic E-state index is 11.9. The Morgan fingerprint density at radius 1 is 1.04 bits per heavy atom. The number of imidazole rings is 1. The van der Waals surface area contributed by atoms with E-state index in [2.05, 4.69) is 26.0 Å². The number of nitrogens with zero attached hydrogens (tertiary/aromatic N) is 2. The van der Waals surface area contributed by atoms with Crippen molar-refractivity contribution in [3.05, 3.63) is 64.7 Å². The highest BCUT2D eigenvalue weighted by Gasteiger charge is 2.18. The van der Waals surface area contributed by atoms with E-state index in [1.807, 2.05) is 40.1 Å². The molecular weight excluding hydrogens is 344 g/mol. The normalized spacial score (nSPS) is 11.0. The van der Waals surface area contributed by atoms with E-state index in [9.17, 15) is 4.79 Å². The number of ether oxygens (including phenoxy) is 1. The van der Waals surface area contributed by atoms with Crippen molar-refractivity contribution in [1.82, 2.24) is 9.38 Å². The SMILES string of the molecule is COc1ccc(-c2csc3nc(-c4ccc(C)c(C)c4)c(C=O)n23)cc1. The van der Waals surface area contributed by atoms with Gasteiger partial charge in [-0.25, -0.2) is 4.98 Å². The Balaban J connectivity index is 1.90. The van der Waals surface area contributed by atoms with E-state index >= 15 is 0 Å². The molecule has 0 atom stereocenters. The molecule has 2 heterocycles. The van der Waals surface area contributed by atoms with E-state index in [0.717, 1.165) is 39.5 Å². The molecule has 0 saturated heterocycles. The molecule has 4 aromatic rings. The minimum Gasteiger partial charge on any atom is -0.497 e. The summed E-state index contributed by atoms with van der Waals surface area (Å²) in [6.45, 7) is 4.15. The molecule has 0 aliphatic heterocycles. The van der Waals surface area contributed by atoms with Crippen molar-refractivity contribution in [2.45, 2.75) is 13.8 Å². The molecule has 130 valence electrons. The molecule has 26 heavy (non-hydrogen) atoms. The standard InChI is InChI=1S/C21H18N2O2S/c1-13-4-5-16(10-14(13)2)20-18(11-24)23-19(12-26-21(23)22-20)15-6-8-17(25-3)9-7-15/h4-12H,1-3H3. The van der Waals surface area contributed by atoms with E-state index in [0.29, 0.717) is 5.69 Å². The number of aldehydes is 1. The molecule has 4 rings (SSSR count). The first-order valence-electron chi connectivity index (χ1n) is 8.29. The highest BCUT2D eigenvalue weighted by atomic mass is 32.1. The molecule has 0 saturated carbocycles. The summed E-state index contributed by atoms with van der Waals surface area (Å²) in [5, 5.41) is 2.03. The van der Waals surface area contributed by atoms with Crippen LogP contribution >= 0.6 is 11.3 Å². The Morgan fingerprint density at radius 3 is 2.42 bits per heavy atom. The number of hydrogen-bond donors (Lipinski definition) is 0. The van der Waals surface area contributed by atoms with Crippen LogP contribution in [0.3, 0.4) is 0 Å². The zero-order chi connectivity index (χ0) is 18.3. The Morgan fingerprint density at radius 2 is 1.77 bits per heavy atom. The molecule has 0 bridgehead atoms. The predicted molar refractivity (Wildman–Crippen MR) is 105 cm³/mol. The summed E-state index contributed by atoms with van der Waals surface area (Å²) in [4.78, 5) is 17.5. The molecule has 2 aromatic carbocycles. The third-order valence-electron chi connectivity index (χ3n) is 4.68. The van der Waals surface area contributed by atoms with Crippen molar-refractivity contribution in [3.63, 3.8) is 0 Å². The van der Waals surface area contributed by atoms with Gasteiger partial charge in [0, 0.05) is 10.9 Å². The molecule has 5 heteroatoms. The number of carbonyl (C=O) groups excluding carboxylic acids is 1. The third-order valence-corrected chi connectivity index (χ3v) is 5.50. The van der Waals surface area contributed by atoms with Gasteiger partial charge in [0.1, 0.15) is 17.1 Å². The third kappa shape index (κ3) is 2.61. The fourth-order valence-corrected chi connectivity index (χ4v) is 3.96. The van der Waals surface area contributed by atoms with Crippen LogP contribution < -0.4 is 4.74 Å². The average molecular weight is 362 g/mol. The fraction of sp³-hybridized carbons (Fsp3) is 0.143. The van der Waals surface area contributed by atoms with Gasteiger partial charge in [0.2, 0.25) is 0 Å². The number of methoxy groups -OCH3 is 1. The molecule has 0 N–H and O–H groups in total. The lowest BCUT2D eigenvalue weighted by atomic mass is 10.0. The number of hydrogen-bond acceptors (Lipinski definition) is 4. The number of carbonyl (C=O) groups is 1. The summed E-state index contributed by atoms with van der Waals surface area (Å²) in [5.74, 6) is 0.803. The van der Waals surface area contributed by atoms with E-state index < -0.39 is 0 Å². The molecule has 0 fully saturated rings. The van der Waals surface area contributed by atoms with Crippen LogP contribution in [0.15, 0.2) is 47.8 Å². The molecule has 0 spiro atoms. The Kier molecular flexibility index (Phi) is 4.09. The number of rotatable bonds is 4. The molecule has 2 aromatic heterocycles. The quantitative estimate of drug-likeness (QED) is 0.471. The highest BCUT2D eigenvalue weighted by molar-refractivity contribution is 7.15. The van der Waals surface area contributed by atoms with Crippen molar-refractivity contribution in [1.29, 1.82) is 0 Å². The number of aryl methyl sites for hydroxylation is 2. The van der Waals surface area contributed by atoms with Crippen LogP contribution in [0.25, 0.3) is 27.5 Å². The smallest absolute Gasteiger partial charge is 0.195 e. The van der Waals surface area contributed by atoms with Gasteiger partial charge in [-0.2, -0.15) is 0 Å². The molecular formula is C21H18N2O2S. The molecule has 0 aliphatic carbocycles. The van der Waals surface area contributed by atoms with Crippen LogP contribution in [-0.4, -0.2) is 22.8 Å². The van der Waals surface area contributed by atoms with Crippen molar-refractivity contribution in [3.8, 4) is 28.3 Å². The van der Waals surface area contributed by atoms with Crippen LogP contribution in [0.2, 0.25) is 0 Å². The summed E-state index contributed by atoms with van der Waals surface area (Å²) >= 11 is 1.53. The summed E-state index contributed by atoms with van der Waals surface area (Å²) in [7, 11) is 1.65. The van der Waals surface area contributed by atoms with Crippen LogP contribution in [0, 0.1) is 13.8 Å². The minimum absolute atomic E-state index is 0.579. The summed E-state index contributed by atoms with van der Waals surface area (Å²) in [6, 6.07) is 14.0. The number of aromatic nitrogens is 2. The van der Waals surface area contributed by atoms with Crippen molar-refractivity contribution >= 4 is 22.6 Å². The van der Waals surface area contributed by atoms with E-state index in [-0.39, 0.29) is 0 Å². The van der Waals surface area contributed by atoms with Gasteiger partial charge in [0.05, 0.1) is 12.8 Å². The summed E-state index contributed by atoms with van der Waals surface area (Å²) < 4.78 is 7.16. The first kappa shape index (κ1) is 16.5. The van der Waals surface area contributed by atoms with E-state index in [1.165, 1.54) is 22.5 Å². The minimum atomic E-state index is 0.579. The second-order valence-corrected chi connectivity index (χ2v) is 7.07. The van der Waals surface area contributed by atoms with Gasteiger partial charge in [0.25, 0.3) is 0 Å². The van der Waals surface area contributed by atoms with Crippen LogP contribution in [0.4, 0.5) is 0 Å². The predicted octanol–water partition coefficient (Wildman–Crippen LogP) is 5.17. The molecule has 0 radical (unpaired) electrons. The van der Waals surface area contributed by atoms with Crippen molar-refractivity contribution in [2.75, 3.05) is 7.11 Å². The summed E-state index contributed by atoms with van der Waals surface area (Å²) in [6.07, 6.45) is 0.893. The lowest BCUT2D eigenvalue weighted by Crippen LogP contribution is -1.94. The Bertz CT molecular complexity index is 1110. The van der Waals surface area contributed by atoms with Crippen LogP contribution in [-0.2, 0) is 0 Å². The fourth-order valence-electron chi connectivity index (χ4n) is 3.05. The van der Waals surface area contributed by atoms with E-state index in [1.54, 1.807) is 7.11 Å². The van der Waals surface area contributed by atoms with Gasteiger partial charge in [-0.15, -0.1) is 11.3 Å². The largest absolute Gasteiger partial charge is 0.497 e. The lowest BCUT2D eigenvalue weighted by Gasteiger charge is -2.05. The number of thiazole rings is 1. The van der Waals surface area contributed by atoms with Crippen molar-refractivity contribution in [2.24, 2.45) is 0 Å². The van der Waals surface area contributed by atoms with Crippen molar-refractivity contribution < 1.29 is 9.53 Å².